The van der Waals surface area contributed by atoms with Gasteiger partial charge in [0.1, 0.15) is 23.2 Å². The zero-order chi connectivity index (χ0) is 15.4. The van der Waals surface area contributed by atoms with Gasteiger partial charge >= 0.3 is 5.97 Å². The topological polar surface area (TPSA) is 78.9 Å². The minimum absolute atomic E-state index is 0.197. The van der Waals surface area contributed by atoms with Crippen molar-refractivity contribution in [3.05, 3.63) is 29.6 Å². The molecule has 2 N–H and O–H groups in total. The van der Waals surface area contributed by atoms with Crippen molar-refractivity contribution in [3.63, 3.8) is 0 Å². The van der Waals surface area contributed by atoms with Crippen LogP contribution in [-0.2, 0) is 9.53 Å². The molecular weight excluding hydrogens is 279 g/mol. The van der Waals surface area contributed by atoms with E-state index in [1.165, 1.54) is 17.0 Å². The lowest BCUT2D eigenvalue weighted by molar-refractivity contribution is -0.149. The van der Waals surface area contributed by atoms with E-state index in [1.54, 1.807) is 6.92 Å². The van der Waals surface area contributed by atoms with Gasteiger partial charge in [0.2, 0.25) is 0 Å². The molecule has 0 aliphatic carbocycles. The first kappa shape index (κ1) is 15.2. The van der Waals surface area contributed by atoms with Crippen molar-refractivity contribution in [2.45, 2.75) is 13.0 Å². The second kappa shape index (κ2) is 6.53. The number of rotatable bonds is 3. The molecule has 0 saturated carbocycles. The number of nitrogens with one attached hydrogen (secondary N) is 1. The summed E-state index contributed by atoms with van der Waals surface area (Å²) >= 11 is 0. The molecule has 1 heterocycles. The van der Waals surface area contributed by atoms with Crippen LogP contribution in [0.25, 0.3) is 0 Å². The highest BCUT2D eigenvalue weighted by molar-refractivity contribution is 5.99. The molecule has 1 aliphatic rings. The lowest BCUT2D eigenvalue weighted by atomic mass is 10.1. The number of carbonyl (C=O) groups is 2. The van der Waals surface area contributed by atoms with Crippen molar-refractivity contribution in [1.29, 1.82) is 0 Å². The molecular formula is C14H17FN2O4. The minimum atomic E-state index is -0.829. The Morgan fingerprint density at radius 2 is 2.29 bits per heavy atom. The molecule has 0 aromatic heterocycles. The number of nitrogens with zero attached hydrogens (tertiary/aromatic N) is 1. The van der Waals surface area contributed by atoms with Gasteiger partial charge in [-0.25, -0.2) is 9.18 Å². The molecule has 1 aromatic rings. The van der Waals surface area contributed by atoms with Crippen LogP contribution in [0, 0.1) is 5.82 Å². The Morgan fingerprint density at radius 3 is 2.95 bits per heavy atom. The second-order valence-electron chi connectivity index (χ2n) is 4.60. The summed E-state index contributed by atoms with van der Waals surface area (Å²) in [5, 5.41) is 12.7. The van der Waals surface area contributed by atoms with Crippen LogP contribution in [-0.4, -0.2) is 54.2 Å². The third kappa shape index (κ3) is 3.13. The standard InChI is InChI=1S/C14H17FN2O4/c1-2-21-14(20)10-8-16-6-7-17(10)13(19)12-9(15)4-3-5-11(12)18/h3-5,10,16,18H,2,6-8H2,1H3. The van der Waals surface area contributed by atoms with E-state index in [-0.39, 0.29) is 19.7 Å². The van der Waals surface area contributed by atoms with Crippen LogP contribution in [0.5, 0.6) is 5.75 Å². The maximum atomic E-state index is 13.8. The predicted molar refractivity (Wildman–Crippen MR) is 72.4 cm³/mol. The predicted octanol–water partition coefficient (Wildman–Crippen LogP) is 0.508. The summed E-state index contributed by atoms with van der Waals surface area (Å²) in [7, 11) is 0. The van der Waals surface area contributed by atoms with Gasteiger partial charge in [-0.05, 0) is 19.1 Å². The van der Waals surface area contributed by atoms with E-state index < -0.39 is 35.0 Å². The maximum absolute atomic E-state index is 13.8. The Labute approximate surface area is 121 Å². The summed E-state index contributed by atoms with van der Waals surface area (Å²) < 4.78 is 18.7. The first-order valence-electron chi connectivity index (χ1n) is 6.72. The number of phenols is 1. The molecule has 0 bridgehead atoms. The van der Waals surface area contributed by atoms with Crippen LogP contribution in [0.15, 0.2) is 18.2 Å². The number of hydrogen-bond donors (Lipinski definition) is 2. The van der Waals surface area contributed by atoms with Gasteiger partial charge in [0.25, 0.3) is 5.91 Å². The van der Waals surface area contributed by atoms with Gasteiger partial charge in [0.15, 0.2) is 0 Å². The van der Waals surface area contributed by atoms with Gasteiger partial charge in [-0.2, -0.15) is 0 Å². The summed E-state index contributed by atoms with van der Waals surface area (Å²) in [5.41, 5.74) is -0.423. The fourth-order valence-electron chi connectivity index (χ4n) is 2.26. The second-order valence-corrected chi connectivity index (χ2v) is 4.60. The number of carbonyl (C=O) groups excluding carboxylic acids is 2. The number of piperazine rings is 1. The van der Waals surface area contributed by atoms with Gasteiger partial charge in [-0.1, -0.05) is 6.07 Å². The quantitative estimate of drug-likeness (QED) is 0.795. The summed E-state index contributed by atoms with van der Waals surface area (Å²) in [6.07, 6.45) is 0. The fourth-order valence-corrected chi connectivity index (χ4v) is 2.26. The lowest BCUT2D eigenvalue weighted by Gasteiger charge is -2.34. The molecule has 114 valence electrons. The largest absolute Gasteiger partial charge is 0.507 e. The Kier molecular flexibility index (Phi) is 4.74. The molecule has 0 spiro atoms. The highest BCUT2D eigenvalue weighted by atomic mass is 19.1. The molecule has 1 fully saturated rings. The molecule has 1 amide bonds. The maximum Gasteiger partial charge on any atom is 0.330 e. The van der Waals surface area contributed by atoms with Crippen LogP contribution < -0.4 is 5.32 Å². The van der Waals surface area contributed by atoms with Crippen LogP contribution in [0.1, 0.15) is 17.3 Å². The molecule has 1 aromatic carbocycles. The SMILES string of the molecule is CCOC(=O)C1CNCCN1C(=O)c1c(O)cccc1F. The molecule has 2 rings (SSSR count). The average molecular weight is 296 g/mol. The van der Waals surface area contributed by atoms with E-state index >= 15 is 0 Å². The van der Waals surface area contributed by atoms with E-state index in [4.69, 9.17) is 4.74 Å². The summed E-state index contributed by atoms with van der Waals surface area (Å²) in [5.74, 6) is -2.53. The highest BCUT2D eigenvalue weighted by Gasteiger charge is 2.35. The van der Waals surface area contributed by atoms with Crippen molar-refractivity contribution in [1.82, 2.24) is 10.2 Å². The number of ether oxygens (including phenoxy) is 1. The molecule has 7 heteroatoms. The van der Waals surface area contributed by atoms with Crippen LogP contribution in [0.2, 0.25) is 0 Å². The van der Waals surface area contributed by atoms with E-state index in [0.29, 0.717) is 6.54 Å². The average Bonchev–Trinajstić information content (AvgIpc) is 2.47. The number of aromatic hydroxyl groups is 1. The third-order valence-electron chi connectivity index (χ3n) is 3.27. The van der Waals surface area contributed by atoms with Gasteiger partial charge in [-0.3, -0.25) is 4.79 Å². The first-order valence-corrected chi connectivity index (χ1v) is 6.72. The summed E-state index contributed by atoms with van der Waals surface area (Å²) in [4.78, 5) is 25.6. The number of hydrogen-bond acceptors (Lipinski definition) is 5. The Balaban J connectivity index is 2.29. The first-order chi connectivity index (χ1) is 10.1. The van der Waals surface area contributed by atoms with Crippen molar-refractivity contribution >= 4 is 11.9 Å². The fraction of sp³-hybridized carbons (Fsp3) is 0.429. The van der Waals surface area contributed by atoms with E-state index in [0.717, 1.165) is 6.07 Å². The van der Waals surface area contributed by atoms with Crippen molar-refractivity contribution < 1.29 is 23.8 Å². The van der Waals surface area contributed by atoms with Gasteiger partial charge in [0, 0.05) is 19.6 Å². The van der Waals surface area contributed by atoms with Crippen molar-refractivity contribution in [3.8, 4) is 5.75 Å². The monoisotopic (exact) mass is 296 g/mol. The normalized spacial score (nSPS) is 18.4. The van der Waals surface area contributed by atoms with Gasteiger partial charge in [0.05, 0.1) is 6.61 Å². The molecule has 1 atom stereocenters. The number of phenolic OH excluding ortho intramolecular Hbond substituents is 1. The van der Waals surface area contributed by atoms with Crippen LogP contribution >= 0.6 is 0 Å². The van der Waals surface area contributed by atoms with E-state index in [2.05, 4.69) is 5.32 Å². The lowest BCUT2D eigenvalue weighted by Crippen LogP contribution is -2.57. The molecule has 21 heavy (non-hydrogen) atoms. The van der Waals surface area contributed by atoms with Crippen molar-refractivity contribution in [2.75, 3.05) is 26.2 Å². The Bertz CT molecular complexity index is 530. The molecule has 1 unspecified atom stereocenters. The third-order valence-corrected chi connectivity index (χ3v) is 3.27. The van der Waals surface area contributed by atoms with E-state index in [9.17, 15) is 19.1 Å². The zero-order valence-electron chi connectivity index (χ0n) is 11.6. The number of benzene rings is 1. The minimum Gasteiger partial charge on any atom is -0.507 e. The molecule has 1 saturated heterocycles. The Morgan fingerprint density at radius 1 is 1.52 bits per heavy atom. The summed E-state index contributed by atoms with van der Waals surface area (Å²) in [6, 6.07) is 2.80. The van der Waals surface area contributed by atoms with Gasteiger partial charge < -0.3 is 20.1 Å². The zero-order valence-corrected chi connectivity index (χ0v) is 11.6. The smallest absolute Gasteiger partial charge is 0.330 e. The highest BCUT2D eigenvalue weighted by Crippen LogP contribution is 2.23. The van der Waals surface area contributed by atoms with E-state index in [1.807, 2.05) is 0 Å². The number of amides is 1. The van der Waals surface area contributed by atoms with Crippen LogP contribution in [0.4, 0.5) is 4.39 Å². The molecule has 1 aliphatic heterocycles. The number of esters is 1. The van der Waals surface area contributed by atoms with Gasteiger partial charge in [-0.15, -0.1) is 0 Å². The van der Waals surface area contributed by atoms with Crippen molar-refractivity contribution in [2.24, 2.45) is 0 Å². The molecule has 0 radical (unpaired) electrons. The van der Waals surface area contributed by atoms with Crippen LogP contribution in [0.3, 0.4) is 0 Å². The Hall–Kier alpha value is -2.15. The summed E-state index contributed by atoms with van der Waals surface area (Å²) in [6.45, 7) is 2.82. The number of halogens is 1. The molecule has 6 nitrogen and oxygen atoms in total.